The van der Waals surface area contributed by atoms with Crippen molar-refractivity contribution in [3.63, 3.8) is 0 Å². The summed E-state index contributed by atoms with van der Waals surface area (Å²) in [5.41, 5.74) is 2.46. The summed E-state index contributed by atoms with van der Waals surface area (Å²) in [5.74, 6) is 3.05. The third-order valence-electron chi connectivity index (χ3n) is 6.34. The van der Waals surface area contributed by atoms with Crippen molar-refractivity contribution in [3.05, 3.63) is 70.4 Å². The molecule has 0 amide bonds. The second-order valence-electron chi connectivity index (χ2n) is 8.90. The van der Waals surface area contributed by atoms with Crippen LogP contribution in [0, 0.1) is 0 Å². The Kier molecular flexibility index (Phi) is 6.17. The quantitative estimate of drug-likeness (QED) is 0.359. The Morgan fingerprint density at radius 1 is 1.11 bits per heavy atom. The number of aromatic nitrogens is 6. The average Bonchev–Trinajstić information content (AvgIpc) is 3.37. The molecule has 4 heterocycles. The molecule has 4 aromatic rings. The van der Waals surface area contributed by atoms with E-state index in [9.17, 15) is 4.79 Å². The van der Waals surface area contributed by atoms with Gasteiger partial charge in [-0.25, -0.2) is 9.48 Å². The molecule has 6 rings (SSSR count). The van der Waals surface area contributed by atoms with Gasteiger partial charge in [-0.3, -0.25) is 4.57 Å². The standard InChI is InChI=1S/C26H26N6O5/c1-2-10-32-24(28-29-30-32)16-34-18-7-8-20-17(12-18)9-11-31-21(20)13-25(27-26(31)33)36-15-19-14-35-22-5-3-4-6-23(22)37-19/h3-8,12-13,19H,2,9-11,14-16H2,1H3. The molecule has 0 aliphatic carbocycles. The zero-order chi connectivity index (χ0) is 25.2. The maximum atomic E-state index is 12.8. The van der Waals surface area contributed by atoms with Gasteiger partial charge in [0.05, 0.1) is 5.69 Å². The van der Waals surface area contributed by atoms with Gasteiger partial charge >= 0.3 is 5.69 Å². The summed E-state index contributed by atoms with van der Waals surface area (Å²) in [6.07, 6.45) is 1.33. The number of para-hydroxylation sites is 2. The van der Waals surface area contributed by atoms with E-state index >= 15 is 0 Å². The molecule has 11 heteroatoms. The molecule has 1 atom stereocenters. The molecule has 0 spiro atoms. The molecule has 2 aromatic heterocycles. The number of hydrogen-bond donors (Lipinski definition) is 0. The lowest BCUT2D eigenvalue weighted by molar-refractivity contribution is 0.0520. The van der Waals surface area contributed by atoms with Crippen molar-refractivity contribution in [1.82, 2.24) is 29.8 Å². The van der Waals surface area contributed by atoms with Crippen LogP contribution in [0.1, 0.15) is 24.7 Å². The highest BCUT2D eigenvalue weighted by Gasteiger charge is 2.23. The molecule has 0 N–H and O–H groups in total. The van der Waals surface area contributed by atoms with Crippen molar-refractivity contribution >= 4 is 0 Å². The number of ether oxygens (including phenoxy) is 4. The van der Waals surface area contributed by atoms with Crippen LogP contribution in [0.25, 0.3) is 11.3 Å². The van der Waals surface area contributed by atoms with E-state index in [0.29, 0.717) is 36.9 Å². The van der Waals surface area contributed by atoms with E-state index in [0.717, 1.165) is 35.5 Å². The van der Waals surface area contributed by atoms with Gasteiger partial charge in [0, 0.05) is 24.7 Å². The molecule has 2 aliphatic rings. The van der Waals surface area contributed by atoms with E-state index in [4.69, 9.17) is 18.9 Å². The first-order valence-corrected chi connectivity index (χ1v) is 12.3. The summed E-state index contributed by atoms with van der Waals surface area (Å²) < 4.78 is 27.0. The largest absolute Gasteiger partial charge is 0.486 e. The highest BCUT2D eigenvalue weighted by molar-refractivity contribution is 5.67. The predicted molar refractivity (Wildman–Crippen MR) is 132 cm³/mol. The van der Waals surface area contributed by atoms with Gasteiger partial charge in [-0.05, 0) is 59.2 Å². The Balaban J connectivity index is 1.17. The molecule has 0 radical (unpaired) electrons. The van der Waals surface area contributed by atoms with Crippen LogP contribution in [0.3, 0.4) is 0 Å². The van der Waals surface area contributed by atoms with Crippen molar-refractivity contribution < 1.29 is 18.9 Å². The third-order valence-corrected chi connectivity index (χ3v) is 6.34. The summed E-state index contributed by atoms with van der Waals surface area (Å²) >= 11 is 0. The Labute approximate surface area is 212 Å². The van der Waals surface area contributed by atoms with Crippen LogP contribution < -0.4 is 24.6 Å². The number of aryl methyl sites for hydroxylation is 2. The van der Waals surface area contributed by atoms with Gasteiger partial charge in [0.25, 0.3) is 0 Å². The van der Waals surface area contributed by atoms with Crippen LogP contribution >= 0.6 is 0 Å². The molecule has 37 heavy (non-hydrogen) atoms. The van der Waals surface area contributed by atoms with E-state index < -0.39 is 0 Å². The molecule has 0 saturated heterocycles. The van der Waals surface area contributed by atoms with Gasteiger partial charge in [0.15, 0.2) is 23.4 Å². The minimum Gasteiger partial charge on any atom is -0.486 e. The maximum absolute atomic E-state index is 12.8. The van der Waals surface area contributed by atoms with Gasteiger partial charge in [-0.1, -0.05) is 19.1 Å². The second kappa shape index (κ2) is 9.92. The maximum Gasteiger partial charge on any atom is 0.351 e. The molecule has 0 saturated carbocycles. The monoisotopic (exact) mass is 502 g/mol. The highest BCUT2D eigenvalue weighted by atomic mass is 16.6. The number of rotatable bonds is 8. The molecule has 0 fully saturated rings. The Bertz CT molecular complexity index is 1480. The minimum atomic E-state index is -0.340. The molecule has 2 aliphatic heterocycles. The summed E-state index contributed by atoms with van der Waals surface area (Å²) in [6, 6.07) is 15.2. The first kappa shape index (κ1) is 23.0. The number of benzene rings is 2. The second-order valence-corrected chi connectivity index (χ2v) is 8.90. The lowest BCUT2D eigenvalue weighted by Crippen LogP contribution is -2.35. The van der Waals surface area contributed by atoms with Gasteiger partial charge in [-0.15, -0.1) is 5.10 Å². The van der Waals surface area contributed by atoms with E-state index in [2.05, 4.69) is 27.4 Å². The Morgan fingerprint density at radius 3 is 2.89 bits per heavy atom. The van der Waals surface area contributed by atoms with Crippen LogP contribution in [0.4, 0.5) is 0 Å². The SMILES string of the molecule is CCCn1nnnc1COc1ccc2c(c1)CCn1c-2cc(OCC2COc3ccccc3O2)nc1=O. The first-order valence-electron chi connectivity index (χ1n) is 12.3. The fourth-order valence-electron chi connectivity index (χ4n) is 4.53. The lowest BCUT2D eigenvalue weighted by Gasteiger charge is -2.26. The van der Waals surface area contributed by atoms with Crippen molar-refractivity contribution in [2.45, 2.75) is 45.6 Å². The summed E-state index contributed by atoms with van der Waals surface area (Å²) in [4.78, 5) is 16.9. The molecule has 2 aromatic carbocycles. The number of fused-ring (bicyclic) bond motifs is 4. The average molecular weight is 503 g/mol. The van der Waals surface area contributed by atoms with Gasteiger partial charge < -0.3 is 18.9 Å². The molecule has 0 bridgehead atoms. The van der Waals surface area contributed by atoms with Crippen LogP contribution in [0.2, 0.25) is 0 Å². The molecular weight excluding hydrogens is 476 g/mol. The molecular formula is C26H26N6O5. The van der Waals surface area contributed by atoms with Gasteiger partial charge in [0.1, 0.15) is 25.6 Å². The summed E-state index contributed by atoms with van der Waals surface area (Å²) in [6.45, 7) is 4.19. The summed E-state index contributed by atoms with van der Waals surface area (Å²) in [7, 11) is 0. The minimum absolute atomic E-state index is 0.210. The lowest BCUT2D eigenvalue weighted by atomic mass is 9.97. The van der Waals surface area contributed by atoms with Crippen molar-refractivity contribution in [1.29, 1.82) is 0 Å². The van der Waals surface area contributed by atoms with E-state index in [1.165, 1.54) is 0 Å². The van der Waals surface area contributed by atoms with Gasteiger partial charge in [-0.2, -0.15) is 4.98 Å². The van der Waals surface area contributed by atoms with Crippen LogP contribution in [-0.2, 0) is 26.1 Å². The van der Waals surface area contributed by atoms with E-state index in [1.54, 1.807) is 15.3 Å². The van der Waals surface area contributed by atoms with Gasteiger partial charge in [0.2, 0.25) is 5.88 Å². The zero-order valence-corrected chi connectivity index (χ0v) is 20.4. The van der Waals surface area contributed by atoms with Crippen molar-refractivity contribution in [2.75, 3.05) is 13.2 Å². The van der Waals surface area contributed by atoms with E-state index in [1.807, 2.05) is 42.5 Å². The fourth-order valence-corrected chi connectivity index (χ4v) is 4.53. The Hall–Kier alpha value is -4.41. The number of tetrazole rings is 1. The predicted octanol–water partition coefficient (Wildman–Crippen LogP) is 2.66. The third kappa shape index (κ3) is 4.72. The smallest absolute Gasteiger partial charge is 0.351 e. The van der Waals surface area contributed by atoms with Crippen molar-refractivity contribution in [2.24, 2.45) is 0 Å². The number of hydrogen-bond acceptors (Lipinski definition) is 9. The summed E-state index contributed by atoms with van der Waals surface area (Å²) in [5, 5.41) is 11.8. The first-order chi connectivity index (χ1) is 18.2. The van der Waals surface area contributed by atoms with E-state index in [-0.39, 0.29) is 30.9 Å². The van der Waals surface area contributed by atoms with Crippen LogP contribution in [0.5, 0.6) is 23.1 Å². The molecule has 190 valence electrons. The number of nitrogens with zero attached hydrogens (tertiary/aromatic N) is 6. The van der Waals surface area contributed by atoms with Crippen molar-refractivity contribution in [3.8, 4) is 34.4 Å². The molecule has 1 unspecified atom stereocenters. The molecule has 11 nitrogen and oxygen atoms in total. The Morgan fingerprint density at radius 2 is 2.00 bits per heavy atom. The van der Waals surface area contributed by atoms with Crippen LogP contribution in [0.15, 0.2) is 53.3 Å². The highest BCUT2D eigenvalue weighted by Crippen LogP contribution is 2.33. The zero-order valence-electron chi connectivity index (χ0n) is 20.4. The fraction of sp³-hybridized carbons (Fsp3) is 0.346. The topological polar surface area (TPSA) is 115 Å². The normalized spacial score (nSPS) is 15.5. The van der Waals surface area contributed by atoms with Crippen LogP contribution in [-0.4, -0.2) is 49.1 Å².